The topological polar surface area (TPSA) is 12.4 Å². The van der Waals surface area contributed by atoms with E-state index in [2.05, 4.69) is 25.2 Å². The van der Waals surface area contributed by atoms with Crippen molar-refractivity contribution in [3.05, 3.63) is 0 Å². The summed E-state index contributed by atoms with van der Waals surface area (Å²) in [4.78, 5) is 0. The van der Waals surface area contributed by atoms with Gasteiger partial charge in [0.2, 0.25) is 0 Å². The summed E-state index contributed by atoms with van der Waals surface area (Å²) in [5, 5.41) is 0. The average molecular weight is 213 g/mol. The third-order valence-corrected chi connectivity index (χ3v) is 3.95. The molecule has 1 saturated carbocycles. The molecule has 0 amide bonds. The molecule has 0 bridgehead atoms. The summed E-state index contributed by atoms with van der Waals surface area (Å²) in [5.41, 5.74) is 1.36. The molecule has 14 heavy (non-hydrogen) atoms. The molecule has 0 aliphatic heterocycles. The molecule has 2 unspecified atom stereocenters. The van der Waals surface area contributed by atoms with Crippen LogP contribution in [0.2, 0.25) is 0 Å². The van der Waals surface area contributed by atoms with E-state index in [0.29, 0.717) is 0 Å². The van der Waals surface area contributed by atoms with Gasteiger partial charge in [-0.25, -0.2) is 4.40 Å². The van der Waals surface area contributed by atoms with E-state index >= 15 is 0 Å². The smallest absolute Gasteiger partial charge is 0.0262 e. The molecule has 1 fully saturated rings. The van der Waals surface area contributed by atoms with E-state index in [1.54, 1.807) is 11.9 Å². The summed E-state index contributed by atoms with van der Waals surface area (Å²) >= 11 is 1.60. The second-order valence-corrected chi connectivity index (χ2v) is 5.33. The predicted octanol–water partition coefficient (Wildman–Crippen LogP) is 4.19. The van der Waals surface area contributed by atoms with Gasteiger partial charge in [-0.3, -0.25) is 0 Å². The Kier molecular flexibility index (Phi) is 5.00. The fourth-order valence-corrected chi connectivity index (χ4v) is 2.87. The fraction of sp³-hybridized carbons (Fsp3) is 0.917. The summed E-state index contributed by atoms with van der Waals surface area (Å²) in [6.07, 6.45) is 7.61. The summed E-state index contributed by atoms with van der Waals surface area (Å²) in [7, 11) is 0. The summed E-state index contributed by atoms with van der Waals surface area (Å²) in [6.45, 7) is 6.91. The zero-order valence-electron chi connectivity index (χ0n) is 9.92. The van der Waals surface area contributed by atoms with Crippen LogP contribution in [0.1, 0.15) is 46.5 Å². The maximum atomic E-state index is 4.48. The first kappa shape index (κ1) is 12.1. The molecule has 82 valence electrons. The van der Waals surface area contributed by atoms with Crippen LogP contribution < -0.4 is 0 Å². The Morgan fingerprint density at radius 1 is 1.36 bits per heavy atom. The van der Waals surface area contributed by atoms with Gasteiger partial charge in [0.15, 0.2) is 0 Å². The molecule has 1 aliphatic rings. The monoisotopic (exact) mass is 213 g/mol. The second kappa shape index (κ2) is 5.79. The number of nitrogens with zero attached hydrogens (tertiary/aromatic N) is 1. The van der Waals surface area contributed by atoms with Gasteiger partial charge >= 0.3 is 0 Å². The van der Waals surface area contributed by atoms with Gasteiger partial charge in [-0.15, -0.1) is 0 Å². The lowest BCUT2D eigenvalue weighted by molar-refractivity contribution is 0.250. The van der Waals surface area contributed by atoms with Crippen molar-refractivity contribution in [3.8, 4) is 0 Å². The molecule has 1 aliphatic carbocycles. The van der Waals surface area contributed by atoms with Crippen LogP contribution in [0.3, 0.4) is 0 Å². The van der Waals surface area contributed by atoms with Crippen molar-refractivity contribution in [1.29, 1.82) is 0 Å². The van der Waals surface area contributed by atoms with E-state index < -0.39 is 0 Å². The fourth-order valence-electron chi connectivity index (χ4n) is 2.43. The van der Waals surface area contributed by atoms with Crippen molar-refractivity contribution in [1.82, 2.24) is 0 Å². The van der Waals surface area contributed by atoms with Crippen LogP contribution in [0.15, 0.2) is 4.40 Å². The van der Waals surface area contributed by atoms with Crippen LogP contribution in [0.5, 0.6) is 0 Å². The first-order valence-electron chi connectivity index (χ1n) is 5.72. The van der Waals surface area contributed by atoms with Gasteiger partial charge in [-0.1, -0.05) is 26.7 Å². The lowest BCUT2D eigenvalue weighted by atomic mass is 9.75. The van der Waals surface area contributed by atoms with Crippen molar-refractivity contribution >= 4 is 17.7 Å². The minimum atomic E-state index is 0.767. The molecule has 0 aromatic carbocycles. The molecule has 1 nitrogen and oxygen atoms in total. The Morgan fingerprint density at radius 2 is 2.07 bits per heavy atom. The first-order valence-corrected chi connectivity index (χ1v) is 6.91. The molecule has 1 rings (SSSR count). The van der Waals surface area contributed by atoms with Crippen molar-refractivity contribution in [2.75, 3.05) is 6.26 Å². The molecule has 0 heterocycles. The minimum absolute atomic E-state index is 0.767. The summed E-state index contributed by atoms with van der Waals surface area (Å²) in [6, 6.07) is 0. The third-order valence-electron chi connectivity index (χ3n) is 3.48. The molecule has 0 aromatic heterocycles. The van der Waals surface area contributed by atoms with Gasteiger partial charge in [-0.05, 0) is 49.5 Å². The van der Waals surface area contributed by atoms with Gasteiger partial charge in [0.1, 0.15) is 0 Å². The Balaban J connectivity index is 2.51. The standard InChI is InChI=1S/C12H23NS/c1-9(2)11-6-5-7-12(8-11)10(3)13-14-4/h9,11-12H,5-8H2,1-4H3/b13-10+. The molecule has 0 N–H and O–H groups in total. The molecular formula is C12H23NS. The largest absolute Gasteiger partial charge is 0.226 e. The van der Waals surface area contributed by atoms with E-state index in [9.17, 15) is 0 Å². The normalized spacial score (nSPS) is 29.6. The highest BCUT2D eigenvalue weighted by molar-refractivity contribution is 7.97. The average Bonchev–Trinajstić information content (AvgIpc) is 2.18. The van der Waals surface area contributed by atoms with Gasteiger partial charge in [0.25, 0.3) is 0 Å². The van der Waals surface area contributed by atoms with Crippen LogP contribution in [0.25, 0.3) is 0 Å². The van der Waals surface area contributed by atoms with Crippen LogP contribution in [0.4, 0.5) is 0 Å². The first-order chi connectivity index (χ1) is 6.65. The van der Waals surface area contributed by atoms with E-state index in [-0.39, 0.29) is 0 Å². The Labute approximate surface area is 92.9 Å². The van der Waals surface area contributed by atoms with Gasteiger partial charge in [-0.2, -0.15) is 0 Å². The maximum Gasteiger partial charge on any atom is 0.0262 e. The lowest BCUT2D eigenvalue weighted by Crippen LogP contribution is -2.24. The molecular weight excluding hydrogens is 190 g/mol. The van der Waals surface area contributed by atoms with Crippen molar-refractivity contribution in [3.63, 3.8) is 0 Å². The zero-order chi connectivity index (χ0) is 10.6. The molecule has 0 aromatic rings. The highest BCUT2D eigenvalue weighted by atomic mass is 32.2. The summed E-state index contributed by atoms with van der Waals surface area (Å²) < 4.78 is 4.48. The van der Waals surface area contributed by atoms with Crippen molar-refractivity contribution < 1.29 is 0 Å². The SMILES string of the molecule is CS/N=C(\C)C1CCCC(C(C)C)C1. The molecule has 2 heteroatoms. The van der Waals surface area contributed by atoms with Gasteiger partial charge in [0.05, 0.1) is 0 Å². The molecule has 0 radical (unpaired) electrons. The van der Waals surface area contributed by atoms with E-state index in [0.717, 1.165) is 17.8 Å². The van der Waals surface area contributed by atoms with Crippen LogP contribution in [-0.2, 0) is 0 Å². The van der Waals surface area contributed by atoms with E-state index in [4.69, 9.17) is 0 Å². The zero-order valence-corrected chi connectivity index (χ0v) is 10.7. The lowest BCUT2D eigenvalue weighted by Gasteiger charge is -2.31. The van der Waals surface area contributed by atoms with Crippen LogP contribution >= 0.6 is 11.9 Å². The Hall–Kier alpha value is 0.0200. The van der Waals surface area contributed by atoms with Crippen LogP contribution in [-0.4, -0.2) is 12.0 Å². The summed E-state index contributed by atoms with van der Waals surface area (Å²) in [5.74, 6) is 2.55. The Morgan fingerprint density at radius 3 is 2.64 bits per heavy atom. The highest BCUT2D eigenvalue weighted by Gasteiger charge is 2.25. The maximum absolute atomic E-state index is 4.48. The van der Waals surface area contributed by atoms with Gasteiger partial charge < -0.3 is 0 Å². The minimum Gasteiger partial charge on any atom is -0.226 e. The quantitative estimate of drug-likeness (QED) is 0.506. The van der Waals surface area contributed by atoms with Crippen LogP contribution in [0, 0.1) is 17.8 Å². The second-order valence-electron chi connectivity index (χ2n) is 4.78. The third kappa shape index (κ3) is 3.30. The van der Waals surface area contributed by atoms with E-state index in [1.807, 2.05) is 6.26 Å². The molecule has 2 atom stereocenters. The van der Waals surface area contributed by atoms with Crippen molar-refractivity contribution in [2.45, 2.75) is 46.5 Å². The predicted molar refractivity (Wildman–Crippen MR) is 66.9 cm³/mol. The number of hydrogen-bond acceptors (Lipinski definition) is 2. The number of hydrogen-bond donors (Lipinski definition) is 0. The van der Waals surface area contributed by atoms with Gasteiger partial charge in [0, 0.05) is 12.0 Å². The van der Waals surface area contributed by atoms with Crippen molar-refractivity contribution in [2.24, 2.45) is 22.2 Å². The highest BCUT2D eigenvalue weighted by Crippen LogP contribution is 2.34. The Bertz CT molecular complexity index is 198. The molecule has 0 spiro atoms. The number of rotatable bonds is 3. The molecule has 0 saturated heterocycles. The van der Waals surface area contributed by atoms with E-state index in [1.165, 1.54) is 31.4 Å².